The summed E-state index contributed by atoms with van der Waals surface area (Å²) in [5, 5.41) is 16.2. The molecular weight excluding hydrogens is 644 g/mol. The number of para-hydroxylation sites is 1. The molecule has 5 amide bonds. The normalized spacial score (nSPS) is 16.1. The Kier molecular flexibility index (Phi) is 9.28. The molecule has 12 nitrogen and oxygen atoms in total. The van der Waals surface area contributed by atoms with Crippen LogP contribution in [0.2, 0.25) is 0 Å². The molecule has 1 atom stereocenters. The Labute approximate surface area is 288 Å². The number of aryl methyl sites for hydroxylation is 1. The van der Waals surface area contributed by atoms with Gasteiger partial charge in [0.05, 0.1) is 22.4 Å². The minimum Gasteiger partial charge on any atom is -0.465 e. The van der Waals surface area contributed by atoms with Crippen molar-refractivity contribution in [2.45, 2.75) is 52.1 Å². The lowest BCUT2D eigenvalue weighted by molar-refractivity contribution is -0.127. The largest absolute Gasteiger partial charge is 0.465 e. The van der Waals surface area contributed by atoms with Gasteiger partial charge in [-0.15, -0.1) is 11.3 Å². The minimum absolute atomic E-state index is 0.0833. The second-order valence-corrected chi connectivity index (χ2v) is 14.0. The molecule has 4 heterocycles. The Morgan fingerprint density at radius 3 is 2.61 bits per heavy atom. The van der Waals surface area contributed by atoms with Gasteiger partial charge in [0.1, 0.15) is 21.2 Å². The molecule has 2 aromatic heterocycles. The fourth-order valence-electron chi connectivity index (χ4n) is 6.10. The van der Waals surface area contributed by atoms with Gasteiger partial charge in [0.25, 0.3) is 5.91 Å². The van der Waals surface area contributed by atoms with E-state index in [4.69, 9.17) is 4.74 Å². The number of carbonyl (C=O) groups is 4. The van der Waals surface area contributed by atoms with Crippen LogP contribution in [-0.2, 0) is 4.79 Å². The van der Waals surface area contributed by atoms with E-state index in [1.165, 1.54) is 22.3 Å². The molecule has 2 aromatic carbocycles. The lowest BCUT2D eigenvalue weighted by Gasteiger charge is -2.33. The number of carboxylic acid groups (broad SMARTS) is 1. The smallest absolute Gasteiger partial charge is 0.408 e. The molecule has 4 aromatic rings. The fourth-order valence-corrected chi connectivity index (χ4v) is 7.12. The minimum atomic E-state index is -1.06. The van der Waals surface area contributed by atoms with E-state index < -0.39 is 17.7 Å². The number of nitrogens with zero attached hydrogens (tertiary/aromatic N) is 4. The van der Waals surface area contributed by atoms with Crippen molar-refractivity contribution in [2.75, 3.05) is 29.9 Å². The van der Waals surface area contributed by atoms with Crippen LogP contribution in [0, 0.1) is 6.92 Å². The molecule has 6 rings (SSSR count). The molecule has 2 aliphatic rings. The Bertz CT molecular complexity index is 1950. The van der Waals surface area contributed by atoms with E-state index >= 15 is 0 Å². The van der Waals surface area contributed by atoms with Crippen LogP contribution >= 0.6 is 11.3 Å². The molecule has 0 radical (unpaired) electrons. The van der Waals surface area contributed by atoms with Gasteiger partial charge in [-0.3, -0.25) is 19.4 Å². The molecule has 0 bridgehead atoms. The molecule has 1 fully saturated rings. The number of hydrogen-bond donors (Lipinski definition) is 3. The third-order valence-electron chi connectivity index (χ3n) is 8.50. The number of likely N-dealkylation sites (tertiary alicyclic amines) is 1. The zero-order chi connectivity index (χ0) is 34.9. The van der Waals surface area contributed by atoms with E-state index in [-0.39, 0.29) is 24.4 Å². The van der Waals surface area contributed by atoms with Crippen molar-refractivity contribution >= 4 is 62.6 Å². The molecule has 0 spiro atoms. The van der Waals surface area contributed by atoms with Crippen LogP contribution in [0.25, 0.3) is 10.2 Å². The molecule has 49 heavy (non-hydrogen) atoms. The maximum absolute atomic E-state index is 13.7. The lowest BCUT2D eigenvalue weighted by Crippen LogP contribution is -2.49. The number of anilines is 3. The summed E-state index contributed by atoms with van der Waals surface area (Å²) in [4.78, 5) is 61.9. The monoisotopic (exact) mass is 682 g/mol. The van der Waals surface area contributed by atoms with Gasteiger partial charge >= 0.3 is 12.1 Å². The number of benzene rings is 2. The number of carbonyl (C=O) groups excluding carboxylic acids is 3. The van der Waals surface area contributed by atoms with Gasteiger partial charge in [-0.1, -0.05) is 24.3 Å². The summed E-state index contributed by atoms with van der Waals surface area (Å²) < 4.78 is 5.98. The standard InChI is InChI=1S/C36H38N6O6S/c1-22-20-25(48-24-11-6-5-7-12-24)14-15-26(22)42-27-16-17-37-33-29(27)30(39-34(42)45)31(49-33)32(44)38-23-10-8-18-40(21-23)28(43)13-9-19-41(35(46)47)36(2,3)4/h5-7,9,11-17,20,23H,8,10,18-19,21H2,1-4H3,(H,38,44)(H,39,45)(H,46,47)/b13-9+/t23-/m1/s1. The topological polar surface area (TPSA) is 144 Å². The van der Waals surface area contributed by atoms with E-state index in [0.29, 0.717) is 69.6 Å². The first-order chi connectivity index (χ1) is 23.4. The first-order valence-corrected chi connectivity index (χ1v) is 16.9. The second-order valence-electron chi connectivity index (χ2n) is 13.0. The zero-order valence-corrected chi connectivity index (χ0v) is 28.5. The zero-order valence-electron chi connectivity index (χ0n) is 27.7. The van der Waals surface area contributed by atoms with Crippen LogP contribution in [0.1, 0.15) is 48.8 Å². The fraction of sp³-hybridized carbons (Fsp3) is 0.306. The number of urea groups is 1. The van der Waals surface area contributed by atoms with Crippen LogP contribution in [0.4, 0.5) is 26.7 Å². The highest BCUT2D eigenvalue weighted by Crippen LogP contribution is 2.46. The quantitative estimate of drug-likeness (QED) is 0.168. The van der Waals surface area contributed by atoms with Crippen molar-refractivity contribution in [1.29, 1.82) is 0 Å². The number of nitrogens with one attached hydrogen (secondary N) is 2. The van der Waals surface area contributed by atoms with Gasteiger partial charge in [-0.25, -0.2) is 14.6 Å². The maximum Gasteiger partial charge on any atom is 0.408 e. The summed E-state index contributed by atoms with van der Waals surface area (Å²) in [5.74, 6) is 0.754. The molecule has 13 heteroatoms. The summed E-state index contributed by atoms with van der Waals surface area (Å²) in [6, 6.07) is 16.0. The van der Waals surface area contributed by atoms with Crippen molar-refractivity contribution in [3.8, 4) is 11.5 Å². The number of pyridine rings is 1. The highest BCUT2D eigenvalue weighted by Gasteiger charge is 2.34. The van der Waals surface area contributed by atoms with Gasteiger partial charge in [0.15, 0.2) is 0 Å². The second kappa shape index (κ2) is 13.6. The summed E-state index contributed by atoms with van der Waals surface area (Å²) in [7, 11) is 0. The van der Waals surface area contributed by atoms with Crippen molar-refractivity contribution in [3.05, 3.63) is 83.4 Å². The average molecular weight is 683 g/mol. The maximum atomic E-state index is 13.7. The molecule has 254 valence electrons. The Morgan fingerprint density at radius 1 is 1.12 bits per heavy atom. The summed E-state index contributed by atoms with van der Waals surface area (Å²) >= 11 is 1.20. The number of hydrogen-bond acceptors (Lipinski definition) is 7. The average Bonchev–Trinajstić information content (AvgIpc) is 3.43. The Hall–Kier alpha value is -5.43. The number of piperidine rings is 1. The van der Waals surface area contributed by atoms with E-state index in [9.17, 15) is 24.3 Å². The van der Waals surface area contributed by atoms with Gasteiger partial charge in [-0.2, -0.15) is 0 Å². The number of amides is 5. The summed E-state index contributed by atoms with van der Waals surface area (Å²) in [6.45, 7) is 8.21. The van der Waals surface area contributed by atoms with Crippen LogP contribution in [0.3, 0.4) is 0 Å². The third-order valence-corrected chi connectivity index (χ3v) is 9.59. The van der Waals surface area contributed by atoms with E-state index in [1.807, 2.05) is 55.5 Å². The third kappa shape index (κ3) is 7.07. The van der Waals surface area contributed by atoms with Crippen LogP contribution in [0.15, 0.2) is 72.9 Å². The molecule has 1 saturated heterocycles. The molecule has 0 saturated carbocycles. The first kappa shape index (κ1) is 33.5. The number of aromatic nitrogens is 1. The SMILES string of the molecule is Cc1cc(Oc2ccccc2)ccc1N1C(=O)Nc2c(C(=O)N[C@@H]3CCCN(C(=O)/C=C/CN(C(=O)O)C(C)(C)C)C3)sc3nccc1c23. The molecule has 0 aliphatic carbocycles. The molecule has 3 N–H and O–H groups in total. The Balaban J connectivity index is 1.17. The van der Waals surface area contributed by atoms with Gasteiger partial charge in [-0.05, 0) is 82.5 Å². The van der Waals surface area contributed by atoms with Crippen molar-refractivity contribution < 1.29 is 29.0 Å². The first-order valence-electron chi connectivity index (χ1n) is 16.0. The predicted octanol–water partition coefficient (Wildman–Crippen LogP) is 7.14. The van der Waals surface area contributed by atoms with Gasteiger partial charge < -0.3 is 25.4 Å². The summed E-state index contributed by atoms with van der Waals surface area (Å²) in [6.07, 6.45) is 4.89. The van der Waals surface area contributed by atoms with Crippen LogP contribution in [0.5, 0.6) is 11.5 Å². The van der Waals surface area contributed by atoms with Crippen LogP contribution < -0.4 is 20.3 Å². The van der Waals surface area contributed by atoms with E-state index in [2.05, 4.69) is 15.6 Å². The number of rotatable bonds is 8. The lowest BCUT2D eigenvalue weighted by atomic mass is 10.0. The summed E-state index contributed by atoms with van der Waals surface area (Å²) in [5.41, 5.74) is 1.92. The van der Waals surface area contributed by atoms with Gasteiger partial charge in [0, 0.05) is 43.5 Å². The number of ether oxygens (including phenoxy) is 1. The molecule has 2 aliphatic heterocycles. The van der Waals surface area contributed by atoms with Crippen molar-refractivity contribution in [2.24, 2.45) is 0 Å². The van der Waals surface area contributed by atoms with Crippen molar-refractivity contribution in [3.63, 3.8) is 0 Å². The number of thiophene rings is 1. The van der Waals surface area contributed by atoms with Crippen molar-refractivity contribution in [1.82, 2.24) is 20.1 Å². The highest BCUT2D eigenvalue weighted by atomic mass is 32.1. The van der Waals surface area contributed by atoms with Gasteiger partial charge in [0.2, 0.25) is 5.91 Å². The molecule has 0 unspecified atom stereocenters. The highest BCUT2D eigenvalue weighted by molar-refractivity contribution is 7.21. The van der Waals surface area contributed by atoms with E-state index in [0.717, 1.165) is 5.56 Å². The predicted molar refractivity (Wildman–Crippen MR) is 189 cm³/mol. The van der Waals surface area contributed by atoms with Crippen LogP contribution in [-0.4, -0.2) is 75.0 Å². The van der Waals surface area contributed by atoms with E-state index in [1.54, 1.807) is 48.9 Å². The molecular formula is C36H38N6O6S. The Morgan fingerprint density at radius 2 is 1.90 bits per heavy atom.